The molecule has 5 heteroatoms. The van der Waals surface area contributed by atoms with Gasteiger partial charge in [0.15, 0.2) is 5.13 Å². The topological polar surface area (TPSA) is 18.5 Å². The van der Waals surface area contributed by atoms with Crippen LogP contribution >= 0.6 is 11.3 Å². The fraction of sp³-hybridized carbons (Fsp3) is 0.600. The fourth-order valence-electron chi connectivity index (χ4n) is 1.44. The maximum absolute atomic E-state index is 13.4. The van der Waals surface area contributed by atoms with Gasteiger partial charge in [0.05, 0.1) is 11.2 Å². The van der Waals surface area contributed by atoms with E-state index in [1.807, 2.05) is 27.7 Å². The van der Waals surface area contributed by atoms with Crippen LogP contribution in [-0.4, -0.2) is 18.3 Å². The number of hydrogen-bond acceptors (Lipinski definition) is 3. The van der Waals surface area contributed by atoms with Crippen molar-refractivity contribution < 1.29 is 13.7 Å². The molecular weight excluding hydrogens is 214 g/mol. The summed E-state index contributed by atoms with van der Waals surface area (Å²) in [7, 11) is -0.582. The standard InChI is InChI=1S/C10H14BFO2S/c1-9(2)10(3,4)14-11(13-9)7-5-6-15-8(7)12/h5-6H,1-4H3. The van der Waals surface area contributed by atoms with E-state index in [1.54, 1.807) is 11.4 Å². The summed E-state index contributed by atoms with van der Waals surface area (Å²) < 4.78 is 24.8. The molecule has 0 aliphatic carbocycles. The summed E-state index contributed by atoms with van der Waals surface area (Å²) in [5, 5.41) is 1.48. The van der Waals surface area contributed by atoms with Crippen LogP contribution in [0.1, 0.15) is 27.7 Å². The van der Waals surface area contributed by atoms with Crippen molar-refractivity contribution in [1.29, 1.82) is 0 Å². The van der Waals surface area contributed by atoms with Gasteiger partial charge in [0.1, 0.15) is 0 Å². The first-order chi connectivity index (χ1) is 6.83. The molecule has 82 valence electrons. The van der Waals surface area contributed by atoms with Crippen LogP contribution in [0.3, 0.4) is 0 Å². The van der Waals surface area contributed by atoms with Crippen molar-refractivity contribution in [3.05, 3.63) is 16.6 Å². The summed E-state index contributed by atoms with van der Waals surface area (Å²) in [5.41, 5.74) is -0.323. The molecule has 1 saturated heterocycles. The van der Waals surface area contributed by atoms with Crippen LogP contribution in [0.25, 0.3) is 0 Å². The highest BCUT2D eigenvalue weighted by Crippen LogP contribution is 2.36. The third kappa shape index (κ3) is 1.73. The van der Waals surface area contributed by atoms with Crippen LogP contribution in [0.15, 0.2) is 11.4 Å². The molecule has 1 fully saturated rings. The van der Waals surface area contributed by atoms with Crippen LogP contribution in [0.4, 0.5) is 4.39 Å². The van der Waals surface area contributed by atoms with Crippen molar-refractivity contribution in [3.8, 4) is 0 Å². The molecule has 2 rings (SSSR count). The monoisotopic (exact) mass is 228 g/mol. The van der Waals surface area contributed by atoms with Crippen LogP contribution < -0.4 is 5.46 Å². The van der Waals surface area contributed by atoms with Crippen LogP contribution in [0.5, 0.6) is 0 Å². The molecule has 0 saturated carbocycles. The Kier molecular flexibility index (Phi) is 2.45. The normalized spacial score (nSPS) is 23.4. The maximum Gasteiger partial charge on any atom is 0.498 e. The van der Waals surface area contributed by atoms with Gasteiger partial charge in [-0.15, -0.1) is 11.3 Å². The molecule has 1 aromatic rings. The summed E-state index contributed by atoms with van der Waals surface area (Å²) in [6.07, 6.45) is 0. The quantitative estimate of drug-likeness (QED) is 0.686. The van der Waals surface area contributed by atoms with Crippen molar-refractivity contribution in [2.45, 2.75) is 38.9 Å². The Labute approximate surface area is 93.5 Å². The SMILES string of the molecule is CC1(C)OB(c2ccsc2F)OC1(C)C. The molecule has 1 aliphatic rings. The summed E-state index contributed by atoms with van der Waals surface area (Å²) in [4.78, 5) is 0. The Morgan fingerprint density at radius 1 is 1.20 bits per heavy atom. The highest BCUT2D eigenvalue weighted by atomic mass is 32.1. The molecule has 0 unspecified atom stereocenters. The molecule has 2 nitrogen and oxygen atoms in total. The van der Waals surface area contributed by atoms with Crippen molar-refractivity contribution >= 4 is 23.9 Å². The van der Waals surface area contributed by atoms with E-state index in [0.29, 0.717) is 5.46 Å². The van der Waals surface area contributed by atoms with Gasteiger partial charge in [-0.05, 0) is 39.1 Å². The van der Waals surface area contributed by atoms with E-state index in [9.17, 15) is 4.39 Å². The molecule has 0 bridgehead atoms. The van der Waals surface area contributed by atoms with Gasteiger partial charge >= 0.3 is 7.12 Å². The van der Waals surface area contributed by atoms with Gasteiger partial charge in [-0.25, -0.2) is 0 Å². The Balaban J connectivity index is 2.27. The number of hydrogen-bond donors (Lipinski definition) is 0. The second kappa shape index (κ2) is 3.30. The van der Waals surface area contributed by atoms with Gasteiger partial charge < -0.3 is 9.31 Å². The van der Waals surface area contributed by atoms with Gasteiger partial charge in [-0.3, -0.25) is 0 Å². The maximum atomic E-state index is 13.4. The lowest BCUT2D eigenvalue weighted by Gasteiger charge is -2.32. The second-order valence-electron chi connectivity index (χ2n) is 4.74. The van der Waals surface area contributed by atoms with Gasteiger partial charge in [-0.2, -0.15) is 4.39 Å². The molecule has 1 aliphatic heterocycles. The summed E-state index contributed by atoms with van der Waals surface area (Å²) in [6, 6.07) is 1.71. The van der Waals surface area contributed by atoms with Crippen LogP contribution in [-0.2, 0) is 9.31 Å². The average molecular weight is 228 g/mol. The molecular formula is C10H14BFO2S. The highest BCUT2D eigenvalue weighted by molar-refractivity contribution is 7.09. The highest BCUT2D eigenvalue weighted by Gasteiger charge is 2.52. The van der Waals surface area contributed by atoms with E-state index < -0.39 is 18.3 Å². The smallest absolute Gasteiger partial charge is 0.399 e. The Bertz CT molecular complexity index is 359. The number of rotatable bonds is 1. The first-order valence-corrected chi connectivity index (χ1v) is 5.80. The molecule has 1 aromatic heterocycles. The van der Waals surface area contributed by atoms with E-state index in [2.05, 4.69) is 0 Å². The fourth-order valence-corrected chi connectivity index (χ4v) is 2.08. The third-order valence-corrected chi connectivity index (χ3v) is 3.87. The molecule has 0 N–H and O–H groups in total. The van der Waals surface area contributed by atoms with E-state index in [1.165, 1.54) is 0 Å². The Hall–Kier alpha value is -0.385. The molecule has 2 heterocycles. The number of halogens is 1. The van der Waals surface area contributed by atoms with Gasteiger partial charge in [0.25, 0.3) is 0 Å². The van der Waals surface area contributed by atoms with Crippen molar-refractivity contribution in [2.75, 3.05) is 0 Å². The summed E-state index contributed by atoms with van der Waals surface area (Å²) >= 11 is 1.06. The van der Waals surface area contributed by atoms with E-state index in [-0.39, 0.29) is 5.13 Å². The van der Waals surface area contributed by atoms with Gasteiger partial charge in [-0.1, -0.05) is 0 Å². The van der Waals surface area contributed by atoms with Crippen LogP contribution in [0.2, 0.25) is 0 Å². The predicted molar refractivity (Wildman–Crippen MR) is 60.0 cm³/mol. The van der Waals surface area contributed by atoms with E-state index in [0.717, 1.165) is 11.3 Å². The van der Waals surface area contributed by atoms with E-state index >= 15 is 0 Å². The van der Waals surface area contributed by atoms with Gasteiger partial charge in [0, 0.05) is 5.46 Å². The zero-order valence-electron chi connectivity index (χ0n) is 9.33. The second-order valence-corrected chi connectivity index (χ2v) is 5.60. The van der Waals surface area contributed by atoms with Crippen molar-refractivity contribution in [3.63, 3.8) is 0 Å². The third-order valence-electron chi connectivity index (χ3n) is 3.15. The minimum atomic E-state index is -0.582. The molecule has 0 amide bonds. The zero-order chi connectivity index (χ0) is 11.3. The largest absolute Gasteiger partial charge is 0.498 e. The predicted octanol–water partition coefficient (Wildman–Crippen LogP) is 2.19. The Morgan fingerprint density at radius 3 is 2.13 bits per heavy atom. The molecule has 0 atom stereocenters. The minimum Gasteiger partial charge on any atom is -0.399 e. The summed E-state index contributed by atoms with van der Waals surface area (Å²) in [6.45, 7) is 7.82. The summed E-state index contributed by atoms with van der Waals surface area (Å²) in [5.74, 6) is 0. The van der Waals surface area contributed by atoms with Gasteiger partial charge in [0.2, 0.25) is 0 Å². The molecule has 0 spiro atoms. The average Bonchev–Trinajstić information content (AvgIpc) is 2.55. The Morgan fingerprint density at radius 2 is 1.73 bits per heavy atom. The minimum absolute atomic E-state index is 0.228. The van der Waals surface area contributed by atoms with Crippen molar-refractivity contribution in [2.24, 2.45) is 0 Å². The van der Waals surface area contributed by atoms with Crippen LogP contribution in [0, 0.1) is 5.13 Å². The lowest BCUT2D eigenvalue weighted by atomic mass is 9.81. The lowest BCUT2D eigenvalue weighted by Crippen LogP contribution is -2.41. The zero-order valence-corrected chi connectivity index (χ0v) is 10.2. The first kappa shape index (κ1) is 11.1. The molecule has 15 heavy (non-hydrogen) atoms. The lowest BCUT2D eigenvalue weighted by molar-refractivity contribution is 0.00578. The van der Waals surface area contributed by atoms with E-state index in [4.69, 9.17) is 9.31 Å². The van der Waals surface area contributed by atoms with Crippen molar-refractivity contribution in [1.82, 2.24) is 0 Å². The first-order valence-electron chi connectivity index (χ1n) is 4.92. The molecule has 0 aromatic carbocycles. The number of thiophene rings is 1. The molecule has 0 radical (unpaired) electrons.